The summed E-state index contributed by atoms with van der Waals surface area (Å²) in [5, 5.41) is 17.9. The summed E-state index contributed by atoms with van der Waals surface area (Å²) >= 11 is 12.3. The number of amides is 2. The minimum absolute atomic E-state index is 0.0247. The lowest BCUT2D eigenvalue weighted by molar-refractivity contribution is -0.122. The number of hydrogen-bond donors (Lipinski definition) is 3. The third-order valence-electron chi connectivity index (χ3n) is 7.89. The molecule has 1 fully saturated rings. The largest absolute Gasteiger partial charge is 0.495 e. The first-order valence-electron chi connectivity index (χ1n) is 13.2. The Kier molecular flexibility index (Phi) is 7.69. The first kappa shape index (κ1) is 29.8. The highest BCUT2D eigenvalue weighted by molar-refractivity contribution is 6.31. The van der Waals surface area contributed by atoms with E-state index in [4.69, 9.17) is 27.9 Å². The van der Waals surface area contributed by atoms with Gasteiger partial charge in [0.15, 0.2) is 0 Å². The van der Waals surface area contributed by atoms with Crippen molar-refractivity contribution < 1.29 is 23.1 Å². The van der Waals surface area contributed by atoms with Gasteiger partial charge in [-0.3, -0.25) is 9.59 Å². The molecule has 2 aliphatic rings. The Morgan fingerprint density at radius 3 is 2.55 bits per heavy atom. The van der Waals surface area contributed by atoms with Gasteiger partial charge >= 0.3 is 0 Å². The van der Waals surface area contributed by atoms with Gasteiger partial charge in [0.05, 0.1) is 40.5 Å². The third-order valence-corrected chi connectivity index (χ3v) is 8.47. The standard InChI is InChI=1S/C31H28Cl2F2N4O3/c1-30(2,3)13-24-31(17-11-20(34)19(33)12-22(17)38-29(31)41)25(16-6-5-7-18(32)26(16)35)27(39-24)28(40)37-21-9-8-15(14-36)10-23(21)42-4/h5-12,24-25,27,39H,13H2,1-4H3,(H,37,40)(H,38,41)/t24?,25-,27+,31+/m0/s1. The molecule has 2 aliphatic heterocycles. The van der Waals surface area contributed by atoms with Crippen molar-refractivity contribution in [1.82, 2.24) is 5.32 Å². The van der Waals surface area contributed by atoms with Gasteiger partial charge < -0.3 is 20.7 Å². The predicted octanol–water partition coefficient (Wildman–Crippen LogP) is 6.54. The SMILES string of the molecule is COc1cc(C#N)ccc1NC(=O)[C@@H]1NC(CC(C)(C)C)[C@@]2(C(=O)Nc3cc(Cl)c(F)cc32)[C@H]1c1cccc(Cl)c1F. The van der Waals surface area contributed by atoms with Gasteiger partial charge in [0.1, 0.15) is 22.8 Å². The van der Waals surface area contributed by atoms with Crippen molar-refractivity contribution in [2.45, 2.75) is 50.6 Å². The van der Waals surface area contributed by atoms with Crippen molar-refractivity contribution in [1.29, 1.82) is 5.26 Å². The molecule has 0 radical (unpaired) electrons. The van der Waals surface area contributed by atoms with E-state index in [9.17, 15) is 14.9 Å². The molecule has 11 heteroatoms. The summed E-state index contributed by atoms with van der Waals surface area (Å²) in [6.45, 7) is 5.92. The Hall–Kier alpha value is -3.71. The molecular weight excluding hydrogens is 585 g/mol. The van der Waals surface area contributed by atoms with E-state index in [2.05, 4.69) is 16.0 Å². The molecule has 2 amide bonds. The molecule has 0 bridgehead atoms. The summed E-state index contributed by atoms with van der Waals surface area (Å²) in [7, 11) is 1.40. The monoisotopic (exact) mass is 612 g/mol. The highest BCUT2D eigenvalue weighted by atomic mass is 35.5. The number of anilines is 2. The third kappa shape index (κ3) is 4.87. The van der Waals surface area contributed by atoms with Crippen molar-refractivity contribution in [2.75, 3.05) is 17.7 Å². The van der Waals surface area contributed by atoms with Crippen LogP contribution in [0.15, 0.2) is 48.5 Å². The van der Waals surface area contributed by atoms with Crippen LogP contribution in [-0.4, -0.2) is 31.0 Å². The number of rotatable bonds is 5. The number of halogens is 4. The summed E-state index contributed by atoms with van der Waals surface area (Å²) in [5.74, 6) is -3.56. The van der Waals surface area contributed by atoms with E-state index in [-0.39, 0.29) is 43.7 Å². The molecule has 42 heavy (non-hydrogen) atoms. The van der Waals surface area contributed by atoms with Crippen LogP contribution in [0.5, 0.6) is 5.75 Å². The van der Waals surface area contributed by atoms with Gasteiger partial charge in [0, 0.05) is 23.7 Å². The molecule has 218 valence electrons. The second kappa shape index (κ2) is 10.8. The number of nitriles is 1. The Morgan fingerprint density at radius 2 is 1.88 bits per heavy atom. The summed E-state index contributed by atoms with van der Waals surface area (Å²) in [6.07, 6.45) is 0.368. The lowest BCUT2D eigenvalue weighted by atomic mass is 9.62. The van der Waals surface area contributed by atoms with Gasteiger partial charge in [-0.2, -0.15) is 5.26 Å². The van der Waals surface area contributed by atoms with Crippen LogP contribution in [0, 0.1) is 28.4 Å². The van der Waals surface area contributed by atoms with E-state index in [0.29, 0.717) is 12.0 Å². The molecule has 3 N–H and O–H groups in total. The second-order valence-corrected chi connectivity index (χ2v) is 12.5. The number of methoxy groups -OCH3 is 1. The van der Waals surface area contributed by atoms with Crippen molar-refractivity contribution >= 4 is 46.4 Å². The zero-order chi connectivity index (χ0) is 30.6. The van der Waals surface area contributed by atoms with E-state index in [1.807, 2.05) is 26.8 Å². The highest BCUT2D eigenvalue weighted by Crippen LogP contribution is 2.57. The van der Waals surface area contributed by atoms with Crippen LogP contribution in [0.2, 0.25) is 10.0 Å². The topological polar surface area (TPSA) is 103 Å². The number of benzene rings is 3. The van der Waals surface area contributed by atoms with Crippen molar-refractivity contribution in [3.05, 3.63) is 86.9 Å². The number of ether oxygens (including phenoxy) is 1. The van der Waals surface area contributed by atoms with Crippen molar-refractivity contribution in [3.63, 3.8) is 0 Å². The van der Waals surface area contributed by atoms with Gasteiger partial charge in [-0.1, -0.05) is 56.1 Å². The number of nitrogens with zero attached hydrogens (tertiary/aromatic N) is 1. The molecular formula is C31H28Cl2F2N4O3. The van der Waals surface area contributed by atoms with E-state index in [1.54, 1.807) is 6.07 Å². The molecule has 2 heterocycles. The van der Waals surface area contributed by atoms with Crippen LogP contribution >= 0.6 is 23.2 Å². The van der Waals surface area contributed by atoms with E-state index in [0.717, 1.165) is 0 Å². The first-order valence-corrected chi connectivity index (χ1v) is 14.0. The van der Waals surface area contributed by atoms with E-state index >= 15 is 8.78 Å². The van der Waals surface area contributed by atoms with Crippen molar-refractivity contribution in [2.24, 2.45) is 5.41 Å². The van der Waals surface area contributed by atoms with Gasteiger partial charge in [0.2, 0.25) is 11.8 Å². The van der Waals surface area contributed by atoms with E-state index in [1.165, 1.54) is 49.6 Å². The Labute approximate surface area is 252 Å². The fourth-order valence-electron chi connectivity index (χ4n) is 6.24. The van der Waals surface area contributed by atoms with Crippen LogP contribution in [0.4, 0.5) is 20.2 Å². The lowest BCUT2D eigenvalue weighted by Gasteiger charge is -2.37. The molecule has 5 rings (SSSR count). The predicted molar refractivity (Wildman–Crippen MR) is 157 cm³/mol. The number of hydrogen-bond acceptors (Lipinski definition) is 5. The Bertz CT molecular complexity index is 1650. The maximum atomic E-state index is 15.9. The molecule has 0 aromatic heterocycles. The average molecular weight is 613 g/mol. The maximum absolute atomic E-state index is 15.9. The molecule has 1 saturated heterocycles. The van der Waals surface area contributed by atoms with Crippen LogP contribution in [0.3, 0.4) is 0 Å². The van der Waals surface area contributed by atoms with Crippen LogP contribution in [0.1, 0.15) is 49.8 Å². The fourth-order valence-corrected chi connectivity index (χ4v) is 6.58. The summed E-state index contributed by atoms with van der Waals surface area (Å²) < 4.78 is 36.3. The number of carbonyl (C=O) groups is 2. The zero-order valence-electron chi connectivity index (χ0n) is 23.2. The molecule has 3 aromatic rings. The molecule has 7 nitrogen and oxygen atoms in total. The summed E-state index contributed by atoms with van der Waals surface area (Å²) in [6, 6.07) is 11.5. The number of nitrogens with one attached hydrogen (secondary N) is 3. The normalized spacial score (nSPS) is 22.9. The second-order valence-electron chi connectivity index (χ2n) is 11.7. The molecule has 0 saturated carbocycles. The minimum Gasteiger partial charge on any atom is -0.495 e. The van der Waals surface area contributed by atoms with Crippen LogP contribution in [-0.2, 0) is 15.0 Å². The summed E-state index contributed by atoms with van der Waals surface area (Å²) in [5.41, 5.74) is -0.797. The fraction of sp³-hybridized carbons (Fsp3) is 0.323. The Balaban J connectivity index is 1.74. The molecule has 3 aromatic carbocycles. The molecule has 1 spiro atoms. The lowest BCUT2D eigenvalue weighted by Crippen LogP contribution is -2.49. The van der Waals surface area contributed by atoms with Gasteiger partial charge in [0.25, 0.3) is 0 Å². The first-order chi connectivity index (χ1) is 19.8. The zero-order valence-corrected chi connectivity index (χ0v) is 24.8. The molecule has 0 aliphatic carbocycles. The quantitative estimate of drug-likeness (QED) is 0.303. The number of carbonyl (C=O) groups excluding carboxylic acids is 2. The Morgan fingerprint density at radius 1 is 1.14 bits per heavy atom. The number of fused-ring (bicyclic) bond motifs is 2. The maximum Gasteiger partial charge on any atom is 0.242 e. The molecule has 4 atom stereocenters. The minimum atomic E-state index is -1.61. The van der Waals surface area contributed by atoms with Crippen molar-refractivity contribution in [3.8, 4) is 11.8 Å². The van der Waals surface area contributed by atoms with Gasteiger partial charge in [-0.05, 0) is 53.3 Å². The van der Waals surface area contributed by atoms with Gasteiger partial charge in [-0.25, -0.2) is 8.78 Å². The summed E-state index contributed by atoms with van der Waals surface area (Å²) in [4.78, 5) is 28.3. The van der Waals surface area contributed by atoms with Crippen LogP contribution < -0.4 is 20.7 Å². The highest BCUT2D eigenvalue weighted by Gasteiger charge is 2.66. The molecule has 1 unspecified atom stereocenters. The van der Waals surface area contributed by atoms with Crippen LogP contribution in [0.25, 0.3) is 0 Å². The average Bonchev–Trinajstić information content (AvgIpc) is 3.40. The smallest absolute Gasteiger partial charge is 0.242 e. The van der Waals surface area contributed by atoms with Gasteiger partial charge in [-0.15, -0.1) is 0 Å². The van der Waals surface area contributed by atoms with E-state index < -0.39 is 46.9 Å².